The number of rotatable bonds is 0. The van der Waals surface area contributed by atoms with Crippen molar-refractivity contribution < 1.29 is 39.9 Å². The van der Waals surface area contributed by atoms with Gasteiger partial charge in [0, 0.05) is 0 Å². The highest BCUT2D eigenvalue weighted by atomic mass is 19.4. The fourth-order valence-electron chi connectivity index (χ4n) is 2.05. The van der Waals surface area contributed by atoms with Crippen LogP contribution in [0.5, 0.6) is 0 Å². The van der Waals surface area contributed by atoms with Crippen LogP contribution >= 0.6 is 0 Å². The summed E-state index contributed by atoms with van der Waals surface area (Å²) < 4.78 is 106. The topological polar surface area (TPSA) is 9.23 Å². The number of hydrogen-bond donors (Lipinski definition) is 0. The Morgan fingerprint density at radius 1 is 0.765 bits per heavy atom. The SMILES string of the molecule is FC(F)(F)C1(F)C2C=CC(O2)C1(F)C(F)(F)F. The molecule has 4 unspecified atom stereocenters. The van der Waals surface area contributed by atoms with Crippen LogP contribution in [0.15, 0.2) is 12.2 Å². The van der Waals surface area contributed by atoms with Gasteiger partial charge in [0.1, 0.15) is 12.2 Å². The van der Waals surface area contributed by atoms with E-state index in [4.69, 9.17) is 0 Å². The Kier molecular flexibility index (Phi) is 2.17. The van der Waals surface area contributed by atoms with Gasteiger partial charge in [0.05, 0.1) is 0 Å². The highest BCUT2D eigenvalue weighted by molar-refractivity contribution is 5.33. The monoisotopic (exact) mass is 268 g/mol. The summed E-state index contributed by atoms with van der Waals surface area (Å²) in [5.74, 6) is 0. The van der Waals surface area contributed by atoms with E-state index in [1.165, 1.54) is 0 Å². The Morgan fingerprint density at radius 2 is 1.06 bits per heavy atom. The second kappa shape index (κ2) is 2.93. The van der Waals surface area contributed by atoms with Crippen molar-refractivity contribution in [1.82, 2.24) is 0 Å². The molecule has 9 heteroatoms. The summed E-state index contributed by atoms with van der Waals surface area (Å²) in [6.07, 6.45) is -16.4. The Balaban J connectivity index is 2.62. The molecule has 0 radical (unpaired) electrons. The molecule has 1 saturated heterocycles. The first-order valence-corrected chi connectivity index (χ1v) is 4.31. The molecule has 0 aromatic rings. The third-order valence-electron chi connectivity index (χ3n) is 2.89. The Hall–Kier alpha value is -0.860. The second-order valence-corrected chi connectivity index (χ2v) is 3.78. The van der Waals surface area contributed by atoms with E-state index in [2.05, 4.69) is 4.74 Å². The summed E-state index contributed by atoms with van der Waals surface area (Å²) in [4.78, 5) is 0. The van der Waals surface area contributed by atoms with E-state index in [-0.39, 0.29) is 0 Å². The predicted octanol–water partition coefficient (Wildman–Crippen LogP) is 2.86. The maximum absolute atomic E-state index is 13.7. The number of alkyl halides is 8. The molecule has 4 atom stereocenters. The number of ether oxygens (including phenoxy) is 1. The molecule has 2 rings (SSSR count). The van der Waals surface area contributed by atoms with Crippen LogP contribution in [0.2, 0.25) is 0 Å². The maximum Gasteiger partial charge on any atom is 0.429 e. The minimum Gasteiger partial charge on any atom is -0.359 e. The summed E-state index contributed by atoms with van der Waals surface area (Å²) in [6, 6.07) is 0. The van der Waals surface area contributed by atoms with Crippen molar-refractivity contribution in [2.75, 3.05) is 0 Å². The molecular weight excluding hydrogens is 264 g/mol. The summed E-state index contributed by atoms with van der Waals surface area (Å²) in [7, 11) is 0. The first-order valence-electron chi connectivity index (χ1n) is 4.31. The molecule has 1 fully saturated rings. The highest BCUT2D eigenvalue weighted by Gasteiger charge is 2.89. The van der Waals surface area contributed by atoms with E-state index in [1.807, 2.05) is 0 Å². The summed E-state index contributed by atoms with van der Waals surface area (Å²) >= 11 is 0. The van der Waals surface area contributed by atoms with Gasteiger partial charge < -0.3 is 4.74 Å². The van der Waals surface area contributed by atoms with Gasteiger partial charge >= 0.3 is 12.4 Å². The molecule has 0 saturated carbocycles. The lowest BCUT2D eigenvalue weighted by molar-refractivity contribution is -0.335. The maximum atomic E-state index is 13.7. The molecular formula is C8H4F8O. The van der Waals surface area contributed by atoms with Crippen LogP contribution in [-0.4, -0.2) is 35.9 Å². The standard InChI is InChI=1S/C8H4F8O/c9-5(7(11,12)13)3-1-2-4(17-3)6(5,10)8(14,15)16/h1-4H. The molecule has 2 bridgehead atoms. The molecule has 0 amide bonds. The summed E-state index contributed by atoms with van der Waals surface area (Å²) in [5.41, 5.74) is -10.2. The molecule has 2 heterocycles. The molecule has 0 aromatic carbocycles. The van der Waals surface area contributed by atoms with Crippen LogP contribution < -0.4 is 0 Å². The second-order valence-electron chi connectivity index (χ2n) is 3.78. The lowest BCUT2D eigenvalue weighted by atomic mass is 9.76. The van der Waals surface area contributed by atoms with Crippen LogP contribution in [0, 0.1) is 0 Å². The normalized spacial score (nSPS) is 45.6. The molecule has 0 aromatic heterocycles. The van der Waals surface area contributed by atoms with Gasteiger partial charge in [0.2, 0.25) is 0 Å². The van der Waals surface area contributed by atoms with Crippen molar-refractivity contribution >= 4 is 0 Å². The summed E-state index contributed by atoms with van der Waals surface area (Å²) in [5, 5.41) is 0. The third kappa shape index (κ3) is 1.18. The molecule has 0 spiro atoms. The molecule has 0 aliphatic carbocycles. The van der Waals surface area contributed by atoms with Crippen LogP contribution in [0.4, 0.5) is 35.1 Å². The first kappa shape index (κ1) is 12.6. The molecule has 0 N–H and O–H groups in total. The minimum atomic E-state index is -6.03. The van der Waals surface area contributed by atoms with E-state index >= 15 is 0 Å². The van der Waals surface area contributed by atoms with Gasteiger partial charge in [-0.2, -0.15) is 26.3 Å². The summed E-state index contributed by atoms with van der Waals surface area (Å²) in [6.45, 7) is 0. The molecule has 98 valence electrons. The van der Waals surface area contributed by atoms with Crippen LogP contribution in [0.1, 0.15) is 0 Å². The van der Waals surface area contributed by atoms with Gasteiger partial charge in [-0.05, 0) is 0 Å². The average Bonchev–Trinajstić information content (AvgIpc) is 2.66. The fraction of sp³-hybridized carbons (Fsp3) is 0.750. The highest BCUT2D eigenvalue weighted by Crippen LogP contribution is 2.62. The fourth-order valence-corrected chi connectivity index (χ4v) is 2.05. The number of hydrogen-bond acceptors (Lipinski definition) is 1. The zero-order valence-electron chi connectivity index (χ0n) is 7.74. The number of halogens is 8. The van der Waals surface area contributed by atoms with Crippen molar-refractivity contribution in [2.24, 2.45) is 0 Å². The van der Waals surface area contributed by atoms with Crippen molar-refractivity contribution in [3.05, 3.63) is 12.2 Å². The Morgan fingerprint density at radius 3 is 1.29 bits per heavy atom. The zero-order chi connectivity index (χ0) is 13.3. The van der Waals surface area contributed by atoms with Crippen molar-refractivity contribution in [3.63, 3.8) is 0 Å². The van der Waals surface area contributed by atoms with Gasteiger partial charge in [0.15, 0.2) is 0 Å². The van der Waals surface area contributed by atoms with Gasteiger partial charge in [-0.15, -0.1) is 0 Å². The van der Waals surface area contributed by atoms with E-state index in [9.17, 15) is 35.1 Å². The molecule has 2 aliphatic rings. The van der Waals surface area contributed by atoms with Gasteiger partial charge in [-0.3, -0.25) is 0 Å². The average molecular weight is 268 g/mol. The Bertz CT molecular complexity index is 337. The predicted molar refractivity (Wildman–Crippen MR) is 37.6 cm³/mol. The van der Waals surface area contributed by atoms with Crippen LogP contribution in [0.3, 0.4) is 0 Å². The smallest absolute Gasteiger partial charge is 0.359 e. The van der Waals surface area contributed by atoms with E-state index in [1.54, 1.807) is 0 Å². The molecule has 17 heavy (non-hydrogen) atoms. The molecule has 2 aliphatic heterocycles. The quantitative estimate of drug-likeness (QED) is 0.485. The van der Waals surface area contributed by atoms with Crippen molar-refractivity contribution in [1.29, 1.82) is 0 Å². The van der Waals surface area contributed by atoms with Gasteiger partial charge in [-0.1, -0.05) is 12.2 Å². The van der Waals surface area contributed by atoms with Gasteiger partial charge in [0.25, 0.3) is 11.3 Å². The van der Waals surface area contributed by atoms with Crippen LogP contribution in [0.25, 0.3) is 0 Å². The van der Waals surface area contributed by atoms with Gasteiger partial charge in [-0.25, -0.2) is 8.78 Å². The Labute approximate surface area is 89.0 Å². The van der Waals surface area contributed by atoms with Crippen molar-refractivity contribution in [3.8, 4) is 0 Å². The third-order valence-corrected chi connectivity index (χ3v) is 2.89. The van der Waals surface area contributed by atoms with E-state index in [0.717, 1.165) is 0 Å². The lowest BCUT2D eigenvalue weighted by Crippen LogP contribution is -2.68. The zero-order valence-corrected chi connectivity index (χ0v) is 7.74. The number of fused-ring (bicyclic) bond motifs is 2. The minimum absolute atomic E-state index is 0.446. The van der Waals surface area contributed by atoms with Crippen molar-refractivity contribution in [2.45, 2.75) is 35.9 Å². The molecule has 1 nitrogen and oxygen atoms in total. The van der Waals surface area contributed by atoms with E-state index < -0.39 is 35.9 Å². The lowest BCUT2D eigenvalue weighted by Gasteiger charge is -2.39. The largest absolute Gasteiger partial charge is 0.429 e. The first-order chi connectivity index (χ1) is 7.46. The van der Waals surface area contributed by atoms with Crippen LogP contribution in [-0.2, 0) is 4.74 Å². The van der Waals surface area contributed by atoms with E-state index in [0.29, 0.717) is 12.2 Å².